The molecule has 1 aromatic heterocycles. The number of likely N-dealkylation sites (N-methyl/N-ethyl adjacent to an activating group) is 1. The van der Waals surface area contributed by atoms with Crippen molar-refractivity contribution in [2.45, 2.75) is 37.5 Å². The smallest absolute Gasteiger partial charge is 0.267 e. The second kappa shape index (κ2) is 10.1. The first-order valence-corrected chi connectivity index (χ1v) is 12.2. The van der Waals surface area contributed by atoms with Gasteiger partial charge < -0.3 is 19.7 Å². The molecular weight excluding hydrogens is 390 g/mol. The fraction of sp³-hybridized carbons (Fsp3) is 0.750. The van der Waals surface area contributed by atoms with Gasteiger partial charge in [-0.15, -0.1) is 0 Å². The molecule has 0 atom stereocenters. The van der Waals surface area contributed by atoms with Crippen LogP contribution in [0.4, 0.5) is 0 Å². The standard InChI is InChI=1S/C20H35N5O3S/c1-3-23-12-14-24(15-13-23)9-7-8-21-20(26)19-16-18(17-22(19)2)29(27,28)25-10-5-4-6-11-25/h16-17H,3-15H2,1-2H3,(H,21,26). The number of aryl methyl sites for hydroxylation is 1. The molecule has 0 aromatic carbocycles. The van der Waals surface area contributed by atoms with Crippen LogP contribution >= 0.6 is 0 Å². The molecule has 9 heteroatoms. The highest BCUT2D eigenvalue weighted by molar-refractivity contribution is 7.89. The van der Waals surface area contributed by atoms with Crippen molar-refractivity contribution in [3.8, 4) is 0 Å². The van der Waals surface area contributed by atoms with Crippen molar-refractivity contribution in [3.63, 3.8) is 0 Å². The Balaban J connectivity index is 1.49. The van der Waals surface area contributed by atoms with E-state index in [0.717, 1.165) is 65.0 Å². The van der Waals surface area contributed by atoms with Gasteiger partial charge in [-0.25, -0.2) is 8.42 Å². The van der Waals surface area contributed by atoms with Crippen LogP contribution in [0.5, 0.6) is 0 Å². The van der Waals surface area contributed by atoms with Gasteiger partial charge in [-0.1, -0.05) is 13.3 Å². The predicted octanol–water partition coefficient (Wildman–Crippen LogP) is 0.957. The summed E-state index contributed by atoms with van der Waals surface area (Å²) in [6.07, 6.45) is 5.30. The topological polar surface area (TPSA) is 77.9 Å². The number of piperazine rings is 1. The maximum absolute atomic E-state index is 12.8. The van der Waals surface area contributed by atoms with Gasteiger partial charge in [0.05, 0.1) is 0 Å². The van der Waals surface area contributed by atoms with Crippen molar-refractivity contribution in [1.82, 2.24) is 24.0 Å². The molecule has 1 aromatic rings. The Labute approximate surface area is 174 Å². The van der Waals surface area contributed by atoms with E-state index in [-0.39, 0.29) is 10.8 Å². The summed E-state index contributed by atoms with van der Waals surface area (Å²) < 4.78 is 28.8. The number of rotatable bonds is 8. The number of nitrogens with zero attached hydrogens (tertiary/aromatic N) is 4. The molecule has 2 aliphatic heterocycles. The fourth-order valence-corrected chi connectivity index (χ4v) is 5.67. The summed E-state index contributed by atoms with van der Waals surface area (Å²) in [5.74, 6) is -0.219. The number of nitrogens with one attached hydrogen (secondary N) is 1. The number of hydrogen-bond acceptors (Lipinski definition) is 5. The van der Waals surface area contributed by atoms with Crippen LogP contribution in [-0.4, -0.2) is 91.9 Å². The third kappa shape index (κ3) is 5.59. The molecule has 3 heterocycles. The van der Waals surface area contributed by atoms with Gasteiger partial charge in [-0.05, 0) is 38.4 Å². The maximum atomic E-state index is 12.8. The Morgan fingerprint density at radius 1 is 1.03 bits per heavy atom. The first-order valence-electron chi connectivity index (χ1n) is 10.8. The van der Waals surface area contributed by atoms with E-state index in [9.17, 15) is 13.2 Å². The lowest BCUT2D eigenvalue weighted by molar-refractivity contribution is 0.0940. The van der Waals surface area contributed by atoms with E-state index in [1.54, 1.807) is 17.8 Å². The zero-order valence-corrected chi connectivity index (χ0v) is 18.6. The number of carbonyl (C=O) groups excluding carboxylic acids is 1. The van der Waals surface area contributed by atoms with Gasteiger partial charge in [-0.2, -0.15) is 4.31 Å². The molecule has 1 N–H and O–H groups in total. The van der Waals surface area contributed by atoms with E-state index in [1.165, 1.54) is 10.4 Å². The van der Waals surface area contributed by atoms with E-state index in [2.05, 4.69) is 22.0 Å². The lowest BCUT2D eigenvalue weighted by Gasteiger charge is -2.33. The van der Waals surface area contributed by atoms with Gasteiger partial charge in [0.25, 0.3) is 5.91 Å². The van der Waals surface area contributed by atoms with Crippen LogP contribution in [0.1, 0.15) is 43.1 Å². The minimum absolute atomic E-state index is 0.209. The van der Waals surface area contributed by atoms with Gasteiger partial charge in [0.15, 0.2) is 0 Å². The van der Waals surface area contributed by atoms with Gasteiger partial charge >= 0.3 is 0 Å². The molecule has 1 amide bonds. The van der Waals surface area contributed by atoms with Crippen LogP contribution in [0.3, 0.4) is 0 Å². The summed E-state index contributed by atoms with van der Waals surface area (Å²) in [5, 5.41) is 2.94. The van der Waals surface area contributed by atoms with Gasteiger partial charge in [0, 0.05) is 59.1 Å². The van der Waals surface area contributed by atoms with Crippen molar-refractivity contribution in [3.05, 3.63) is 18.0 Å². The van der Waals surface area contributed by atoms with Gasteiger partial charge in [-0.3, -0.25) is 4.79 Å². The molecule has 29 heavy (non-hydrogen) atoms. The van der Waals surface area contributed by atoms with Crippen LogP contribution in [0.2, 0.25) is 0 Å². The highest BCUT2D eigenvalue weighted by Crippen LogP contribution is 2.22. The van der Waals surface area contributed by atoms with Crippen LogP contribution in [0.15, 0.2) is 17.2 Å². The van der Waals surface area contributed by atoms with Crippen LogP contribution < -0.4 is 5.32 Å². The molecular formula is C20H35N5O3S. The third-order valence-corrected chi connectivity index (χ3v) is 7.88. The zero-order valence-electron chi connectivity index (χ0n) is 17.8. The average molecular weight is 426 g/mol. The van der Waals surface area contributed by atoms with Crippen LogP contribution in [-0.2, 0) is 17.1 Å². The number of sulfonamides is 1. The summed E-state index contributed by atoms with van der Waals surface area (Å²) in [6, 6.07) is 1.50. The summed E-state index contributed by atoms with van der Waals surface area (Å²) in [5.41, 5.74) is 0.386. The lowest BCUT2D eigenvalue weighted by Crippen LogP contribution is -2.46. The maximum Gasteiger partial charge on any atom is 0.267 e. The average Bonchev–Trinajstić information content (AvgIpc) is 3.14. The number of amides is 1. The van der Waals surface area contributed by atoms with E-state index in [1.807, 2.05) is 0 Å². The number of hydrogen-bond donors (Lipinski definition) is 1. The Hall–Kier alpha value is -1.42. The second-order valence-corrected chi connectivity index (χ2v) is 9.96. The second-order valence-electron chi connectivity index (χ2n) is 8.02. The SMILES string of the molecule is CCN1CCN(CCCNC(=O)c2cc(S(=O)(=O)N3CCCCC3)cn2C)CC1. The molecule has 0 unspecified atom stereocenters. The molecule has 0 spiro atoms. The highest BCUT2D eigenvalue weighted by atomic mass is 32.2. The third-order valence-electron chi connectivity index (χ3n) is 6.01. The van der Waals surface area contributed by atoms with E-state index in [4.69, 9.17) is 0 Å². The lowest BCUT2D eigenvalue weighted by atomic mass is 10.2. The minimum atomic E-state index is -3.52. The van der Waals surface area contributed by atoms with Crippen molar-refractivity contribution < 1.29 is 13.2 Å². The summed E-state index contributed by atoms with van der Waals surface area (Å²) >= 11 is 0. The van der Waals surface area contributed by atoms with E-state index >= 15 is 0 Å². The zero-order chi connectivity index (χ0) is 20.9. The number of piperidine rings is 1. The molecule has 8 nitrogen and oxygen atoms in total. The highest BCUT2D eigenvalue weighted by Gasteiger charge is 2.28. The van der Waals surface area contributed by atoms with Gasteiger partial charge in [0.2, 0.25) is 10.0 Å². The first-order chi connectivity index (χ1) is 13.9. The quantitative estimate of drug-likeness (QED) is 0.628. The first kappa shape index (κ1) is 22.3. The molecule has 3 rings (SSSR count). The van der Waals surface area contributed by atoms with Crippen molar-refractivity contribution in [2.75, 3.05) is 58.9 Å². The molecule has 164 valence electrons. The van der Waals surface area contributed by atoms with E-state index < -0.39 is 10.0 Å². The molecule has 0 bridgehead atoms. The number of aromatic nitrogens is 1. The summed E-state index contributed by atoms with van der Waals surface area (Å²) in [7, 11) is -1.80. The Morgan fingerprint density at radius 3 is 2.34 bits per heavy atom. The Morgan fingerprint density at radius 2 is 1.69 bits per heavy atom. The molecule has 2 saturated heterocycles. The predicted molar refractivity (Wildman–Crippen MR) is 114 cm³/mol. The van der Waals surface area contributed by atoms with Crippen molar-refractivity contribution in [2.24, 2.45) is 7.05 Å². The molecule has 0 saturated carbocycles. The normalized spacial score (nSPS) is 20.1. The van der Waals surface area contributed by atoms with Crippen LogP contribution in [0, 0.1) is 0 Å². The monoisotopic (exact) mass is 425 g/mol. The fourth-order valence-electron chi connectivity index (χ4n) is 4.08. The van der Waals surface area contributed by atoms with Gasteiger partial charge in [0.1, 0.15) is 10.6 Å². The van der Waals surface area contributed by atoms with Crippen molar-refractivity contribution in [1.29, 1.82) is 0 Å². The molecule has 2 aliphatic rings. The Kier molecular flexibility index (Phi) is 7.72. The summed E-state index contributed by atoms with van der Waals surface area (Å²) in [6.45, 7) is 10.4. The number of carbonyl (C=O) groups is 1. The molecule has 2 fully saturated rings. The minimum Gasteiger partial charge on any atom is -0.351 e. The molecule has 0 aliphatic carbocycles. The largest absolute Gasteiger partial charge is 0.351 e. The summed E-state index contributed by atoms with van der Waals surface area (Å²) in [4.78, 5) is 17.6. The van der Waals surface area contributed by atoms with Crippen molar-refractivity contribution >= 4 is 15.9 Å². The Bertz CT molecular complexity index is 778. The molecule has 0 radical (unpaired) electrons. The van der Waals surface area contributed by atoms with Crippen LogP contribution in [0.25, 0.3) is 0 Å². The van der Waals surface area contributed by atoms with E-state index in [0.29, 0.717) is 25.3 Å².